The second kappa shape index (κ2) is 7.65. The number of hydrogen-bond donors (Lipinski definition) is 1. The van der Waals surface area contributed by atoms with Crippen LogP contribution < -0.4 is 10.6 Å². The van der Waals surface area contributed by atoms with Crippen molar-refractivity contribution < 1.29 is 4.79 Å². The van der Waals surface area contributed by atoms with Crippen LogP contribution in [-0.2, 0) is 11.2 Å². The summed E-state index contributed by atoms with van der Waals surface area (Å²) in [4.78, 5) is 17.2. The second-order valence-corrected chi connectivity index (χ2v) is 6.84. The molecule has 0 radical (unpaired) electrons. The van der Waals surface area contributed by atoms with Crippen molar-refractivity contribution >= 4 is 24.0 Å². The molecule has 5 heteroatoms. The van der Waals surface area contributed by atoms with Gasteiger partial charge in [0.15, 0.2) is 0 Å². The summed E-state index contributed by atoms with van der Waals surface area (Å²) < 4.78 is 0. The molecule has 2 heterocycles. The summed E-state index contributed by atoms with van der Waals surface area (Å²) in [7, 11) is 0. The zero-order valence-corrected chi connectivity index (χ0v) is 14.9. The van der Waals surface area contributed by atoms with Crippen LogP contribution >= 0.6 is 12.4 Å². The van der Waals surface area contributed by atoms with Crippen molar-refractivity contribution in [1.82, 2.24) is 4.90 Å². The minimum Gasteiger partial charge on any atom is -0.329 e. The standard InChI is InChI=1S/C18H27N3O.ClH/c1-13-6-5-9-20(17(13)11-19)12-18(22)21-14(2)10-15-7-3-4-8-16(15)21;/h3-4,7-8,13-14,17H,5-6,9-12,19H2,1-2H3;1H. The van der Waals surface area contributed by atoms with Crippen LogP contribution in [0.25, 0.3) is 0 Å². The first-order chi connectivity index (χ1) is 10.6. The normalized spacial score (nSPS) is 27.4. The summed E-state index contributed by atoms with van der Waals surface area (Å²) in [6, 6.07) is 8.86. The predicted octanol–water partition coefficient (Wildman–Crippen LogP) is 2.45. The molecular formula is C18H28ClN3O. The van der Waals surface area contributed by atoms with Crippen molar-refractivity contribution in [2.75, 3.05) is 24.5 Å². The van der Waals surface area contributed by atoms with Gasteiger partial charge in [0.25, 0.3) is 0 Å². The van der Waals surface area contributed by atoms with Gasteiger partial charge in [-0.15, -0.1) is 12.4 Å². The topological polar surface area (TPSA) is 49.6 Å². The van der Waals surface area contributed by atoms with E-state index in [2.05, 4.69) is 36.9 Å². The van der Waals surface area contributed by atoms with E-state index in [0.717, 1.165) is 25.1 Å². The van der Waals surface area contributed by atoms with Crippen LogP contribution in [0.4, 0.5) is 5.69 Å². The molecule has 1 amide bonds. The molecule has 3 unspecified atom stereocenters. The maximum Gasteiger partial charge on any atom is 0.241 e. The summed E-state index contributed by atoms with van der Waals surface area (Å²) >= 11 is 0. The molecule has 0 spiro atoms. The molecule has 3 rings (SSSR count). The van der Waals surface area contributed by atoms with Gasteiger partial charge in [0.1, 0.15) is 0 Å². The number of anilines is 1. The lowest BCUT2D eigenvalue weighted by Gasteiger charge is -2.40. The Balaban J connectivity index is 0.00000192. The minimum absolute atomic E-state index is 0. The number of nitrogens with zero attached hydrogens (tertiary/aromatic N) is 2. The fourth-order valence-corrected chi connectivity index (χ4v) is 4.11. The summed E-state index contributed by atoms with van der Waals surface area (Å²) in [5.41, 5.74) is 8.33. The SMILES string of the molecule is CC1CCCN(CC(=O)N2c3ccccc3CC2C)C1CN.Cl. The average Bonchev–Trinajstić information content (AvgIpc) is 2.83. The molecule has 23 heavy (non-hydrogen) atoms. The number of hydrogen-bond acceptors (Lipinski definition) is 3. The molecule has 0 aliphatic carbocycles. The van der Waals surface area contributed by atoms with Crippen molar-refractivity contribution in [3.05, 3.63) is 29.8 Å². The van der Waals surface area contributed by atoms with Crippen molar-refractivity contribution in [2.24, 2.45) is 11.7 Å². The predicted molar refractivity (Wildman–Crippen MR) is 97.2 cm³/mol. The molecule has 0 aromatic heterocycles. The Labute approximate surface area is 145 Å². The Bertz CT molecular complexity index is 551. The number of nitrogens with two attached hydrogens (primary N) is 1. The molecule has 3 atom stereocenters. The lowest BCUT2D eigenvalue weighted by Crippen LogP contribution is -2.53. The number of amides is 1. The van der Waals surface area contributed by atoms with Gasteiger partial charge in [-0.2, -0.15) is 0 Å². The molecule has 0 bridgehead atoms. The minimum atomic E-state index is 0. The third-order valence-electron chi connectivity index (χ3n) is 5.29. The Morgan fingerprint density at radius 1 is 1.30 bits per heavy atom. The first-order valence-corrected chi connectivity index (χ1v) is 8.46. The molecule has 2 aliphatic rings. The summed E-state index contributed by atoms with van der Waals surface area (Å²) in [5, 5.41) is 0. The number of carbonyl (C=O) groups is 1. The van der Waals surface area contributed by atoms with Crippen molar-refractivity contribution in [3.63, 3.8) is 0 Å². The van der Waals surface area contributed by atoms with Crippen LogP contribution in [0, 0.1) is 5.92 Å². The van der Waals surface area contributed by atoms with Gasteiger partial charge in [-0.05, 0) is 50.3 Å². The van der Waals surface area contributed by atoms with Crippen LogP contribution in [0.5, 0.6) is 0 Å². The fraction of sp³-hybridized carbons (Fsp3) is 0.611. The van der Waals surface area contributed by atoms with Crippen LogP contribution in [-0.4, -0.2) is 42.5 Å². The van der Waals surface area contributed by atoms with Crippen LogP contribution in [0.3, 0.4) is 0 Å². The van der Waals surface area contributed by atoms with Crippen LogP contribution in [0.15, 0.2) is 24.3 Å². The molecule has 1 saturated heterocycles. The van der Waals surface area contributed by atoms with Crippen LogP contribution in [0.2, 0.25) is 0 Å². The zero-order valence-electron chi connectivity index (χ0n) is 14.1. The van der Waals surface area contributed by atoms with Gasteiger partial charge in [-0.3, -0.25) is 9.69 Å². The molecule has 2 N–H and O–H groups in total. The van der Waals surface area contributed by atoms with Gasteiger partial charge < -0.3 is 10.6 Å². The Morgan fingerprint density at radius 2 is 2.04 bits per heavy atom. The monoisotopic (exact) mass is 337 g/mol. The van der Waals surface area contributed by atoms with Crippen LogP contribution in [0.1, 0.15) is 32.3 Å². The van der Waals surface area contributed by atoms with E-state index in [1.807, 2.05) is 11.0 Å². The van der Waals surface area contributed by atoms with E-state index in [-0.39, 0.29) is 24.4 Å². The Morgan fingerprint density at radius 3 is 2.78 bits per heavy atom. The summed E-state index contributed by atoms with van der Waals surface area (Å²) in [5.74, 6) is 0.792. The van der Waals surface area contributed by atoms with E-state index in [0.29, 0.717) is 25.0 Å². The van der Waals surface area contributed by atoms with E-state index in [1.54, 1.807) is 0 Å². The largest absolute Gasteiger partial charge is 0.329 e. The Hall–Kier alpha value is -1.10. The highest BCUT2D eigenvalue weighted by Crippen LogP contribution is 2.32. The highest BCUT2D eigenvalue weighted by atomic mass is 35.5. The van der Waals surface area contributed by atoms with Crippen molar-refractivity contribution in [3.8, 4) is 0 Å². The smallest absolute Gasteiger partial charge is 0.241 e. The molecule has 1 aromatic carbocycles. The molecular weight excluding hydrogens is 310 g/mol. The number of halogens is 1. The number of carbonyl (C=O) groups excluding carboxylic acids is 1. The molecule has 0 saturated carbocycles. The van der Waals surface area contributed by atoms with Crippen molar-refractivity contribution in [2.45, 2.75) is 45.2 Å². The van der Waals surface area contributed by atoms with Gasteiger partial charge in [0.05, 0.1) is 6.54 Å². The zero-order chi connectivity index (χ0) is 15.7. The van der Waals surface area contributed by atoms with E-state index < -0.39 is 0 Å². The van der Waals surface area contributed by atoms with E-state index in [9.17, 15) is 4.79 Å². The first kappa shape index (κ1) is 18.2. The maximum atomic E-state index is 12.9. The van der Waals surface area contributed by atoms with E-state index in [4.69, 9.17) is 5.73 Å². The second-order valence-electron chi connectivity index (χ2n) is 6.84. The third-order valence-corrected chi connectivity index (χ3v) is 5.29. The lowest BCUT2D eigenvalue weighted by atomic mass is 9.91. The quantitative estimate of drug-likeness (QED) is 0.921. The third kappa shape index (κ3) is 3.54. The maximum absolute atomic E-state index is 12.9. The summed E-state index contributed by atoms with van der Waals surface area (Å²) in [6.07, 6.45) is 3.34. The Kier molecular flexibility index (Phi) is 6.06. The highest BCUT2D eigenvalue weighted by molar-refractivity contribution is 5.97. The van der Waals surface area contributed by atoms with Gasteiger partial charge in [-0.1, -0.05) is 25.1 Å². The van der Waals surface area contributed by atoms with Gasteiger partial charge in [-0.25, -0.2) is 0 Å². The fourth-order valence-electron chi connectivity index (χ4n) is 4.11. The molecule has 2 aliphatic heterocycles. The van der Waals surface area contributed by atoms with E-state index in [1.165, 1.54) is 12.0 Å². The first-order valence-electron chi connectivity index (χ1n) is 8.46. The van der Waals surface area contributed by atoms with Gasteiger partial charge in [0.2, 0.25) is 5.91 Å². The number of para-hydroxylation sites is 1. The van der Waals surface area contributed by atoms with Gasteiger partial charge >= 0.3 is 0 Å². The lowest BCUT2D eigenvalue weighted by molar-refractivity contribution is -0.121. The molecule has 4 nitrogen and oxygen atoms in total. The van der Waals surface area contributed by atoms with E-state index >= 15 is 0 Å². The van der Waals surface area contributed by atoms with Crippen molar-refractivity contribution in [1.29, 1.82) is 0 Å². The average molecular weight is 338 g/mol. The number of rotatable bonds is 3. The highest BCUT2D eigenvalue weighted by Gasteiger charge is 2.34. The molecule has 1 aromatic rings. The molecule has 128 valence electrons. The number of fused-ring (bicyclic) bond motifs is 1. The number of benzene rings is 1. The van der Waals surface area contributed by atoms with Gasteiger partial charge in [0, 0.05) is 24.3 Å². The summed E-state index contributed by atoms with van der Waals surface area (Å²) in [6.45, 7) is 6.51. The number of likely N-dealkylation sites (tertiary alicyclic amines) is 1. The molecule has 1 fully saturated rings. The number of piperidine rings is 1.